The van der Waals surface area contributed by atoms with Crippen LogP contribution >= 0.6 is 23.2 Å². The Kier molecular flexibility index (Phi) is 5.58. The Hall–Kier alpha value is -2.55. The first-order chi connectivity index (χ1) is 11.0. The second-order valence-corrected chi connectivity index (χ2v) is 5.36. The number of nitriles is 1. The number of nitrogens with one attached hydrogen (secondary N) is 2. The molecule has 1 amide bonds. The maximum atomic E-state index is 12.2. The Morgan fingerprint density at radius 3 is 2.78 bits per heavy atom. The molecule has 0 saturated carbocycles. The minimum Gasteiger partial charge on any atom is -0.358 e. The average molecular weight is 347 g/mol. The van der Waals surface area contributed by atoms with Gasteiger partial charge in [-0.1, -0.05) is 29.3 Å². The van der Waals surface area contributed by atoms with Crippen molar-refractivity contribution in [1.82, 2.24) is 4.98 Å². The summed E-state index contributed by atoms with van der Waals surface area (Å²) < 4.78 is 0. The molecule has 1 aromatic carbocycles. The monoisotopic (exact) mass is 346 g/mol. The average Bonchev–Trinajstić information content (AvgIpc) is 2.53. The zero-order chi connectivity index (χ0) is 16.8. The van der Waals surface area contributed by atoms with Gasteiger partial charge in [-0.25, -0.2) is 4.98 Å². The molecule has 0 aliphatic carbocycles. The van der Waals surface area contributed by atoms with Crippen molar-refractivity contribution in [3.8, 4) is 6.07 Å². The topological polar surface area (TPSA) is 77.8 Å². The summed E-state index contributed by atoms with van der Waals surface area (Å²) >= 11 is 11.8. The summed E-state index contributed by atoms with van der Waals surface area (Å²) in [4.78, 5) is 16.1. The van der Waals surface area contributed by atoms with E-state index in [2.05, 4.69) is 15.6 Å². The molecule has 0 saturated heterocycles. The molecule has 2 rings (SSSR count). The van der Waals surface area contributed by atoms with Crippen molar-refractivity contribution in [3.63, 3.8) is 0 Å². The van der Waals surface area contributed by atoms with E-state index in [9.17, 15) is 4.79 Å². The molecule has 2 N–H and O–H groups in total. The number of carbonyl (C=O) groups is 1. The number of hydrogen-bond donors (Lipinski definition) is 2. The van der Waals surface area contributed by atoms with Gasteiger partial charge in [0.05, 0.1) is 5.69 Å². The van der Waals surface area contributed by atoms with Crippen LogP contribution in [0.4, 0.5) is 11.4 Å². The van der Waals surface area contributed by atoms with Crippen molar-refractivity contribution in [2.24, 2.45) is 0 Å². The normalized spacial score (nSPS) is 10.8. The van der Waals surface area contributed by atoms with Gasteiger partial charge >= 0.3 is 0 Å². The SMILES string of the molecule is Cc1ccc(Cl)cc1NC(=O)/C(C#N)=C\Nc1cccnc1Cl. The maximum absolute atomic E-state index is 12.2. The van der Waals surface area contributed by atoms with Crippen LogP contribution in [0.5, 0.6) is 0 Å². The van der Waals surface area contributed by atoms with Gasteiger partial charge in [0, 0.05) is 23.1 Å². The lowest BCUT2D eigenvalue weighted by atomic mass is 10.2. The number of halogens is 2. The van der Waals surface area contributed by atoms with E-state index < -0.39 is 5.91 Å². The summed E-state index contributed by atoms with van der Waals surface area (Å²) in [6, 6.07) is 10.3. The summed E-state index contributed by atoms with van der Waals surface area (Å²) in [6.07, 6.45) is 2.81. The summed E-state index contributed by atoms with van der Waals surface area (Å²) in [7, 11) is 0. The third-order valence-corrected chi connectivity index (χ3v) is 3.48. The van der Waals surface area contributed by atoms with Crippen molar-refractivity contribution < 1.29 is 4.79 Å². The van der Waals surface area contributed by atoms with E-state index in [4.69, 9.17) is 28.5 Å². The van der Waals surface area contributed by atoms with E-state index in [0.29, 0.717) is 16.4 Å². The lowest BCUT2D eigenvalue weighted by Crippen LogP contribution is -2.15. The number of rotatable bonds is 4. The summed E-state index contributed by atoms with van der Waals surface area (Å²) in [5, 5.41) is 15.3. The fourth-order valence-electron chi connectivity index (χ4n) is 1.71. The van der Waals surface area contributed by atoms with Gasteiger partial charge in [-0.05, 0) is 36.8 Å². The highest BCUT2D eigenvalue weighted by molar-refractivity contribution is 6.32. The van der Waals surface area contributed by atoms with Crippen LogP contribution in [0.25, 0.3) is 0 Å². The molecule has 2 aromatic rings. The van der Waals surface area contributed by atoms with Crippen LogP contribution in [0, 0.1) is 18.3 Å². The van der Waals surface area contributed by atoms with Crippen LogP contribution in [0.1, 0.15) is 5.56 Å². The lowest BCUT2D eigenvalue weighted by molar-refractivity contribution is -0.112. The number of amides is 1. The Morgan fingerprint density at radius 2 is 2.09 bits per heavy atom. The minimum absolute atomic E-state index is 0.107. The van der Waals surface area contributed by atoms with Crippen LogP contribution in [0.3, 0.4) is 0 Å². The van der Waals surface area contributed by atoms with E-state index in [-0.39, 0.29) is 10.7 Å². The number of carbonyl (C=O) groups excluding carboxylic acids is 1. The summed E-state index contributed by atoms with van der Waals surface area (Å²) in [5.41, 5.74) is 1.77. The molecule has 0 atom stereocenters. The largest absolute Gasteiger partial charge is 0.358 e. The van der Waals surface area contributed by atoms with Crippen molar-refractivity contribution in [2.75, 3.05) is 10.6 Å². The predicted molar refractivity (Wildman–Crippen MR) is 91.4 cm³/mol. The first-order valence-corrected chi connectivity index (χ1v) is 7.31. The molecule has 1 heterocycles. The lowest BCUT2D eigenvalue weighted by Gasteiger charge is -2.08. The van der Waals surface area contributed by atoms with Gasteiger partial charge in [-0.15, -0.1) is 0 Å². The van der Waals surface area contributed by atoms with Gasteiger partial charge in [0.15, 0.2) is 5.15 Å². The number of hydrogen-bond acceptors (Lipinski definition) is 4. The smallest absolute Gasteiger partial charge is 0.267 e. The first kappa shape index (κ1) is 16.8. The van der Waals surface area contributed by atoms with E-state index in [1.807, 2.05) is 13.0 Å². The fraction of sp³-hybridized carbons (Fsp3) is 0.0625. The molecule has 0 spiro atoms. The van der Waals surface area contributed by atoms with Gasteiger partial charge in [0.1, 0.15) is 11.6 Å². The predicted octanol–water partition coefficient (Wildman–Crippen LogP) is 4.15. The van der Waals surface area contributed by atoms with Gasteiger partial charge in [-0.2, -0.15) is 5.26 Å². The van der Waals surface area contributed by atoms with Crippen LogP contribution < -0.4 is 10.6 Å². The molecular formula is C16H12Cl2N4O. The van der Waals surface area contributed by atoms with E-state index in [1.54, 1.807) is 30.3 Å². The van der Waals surface area contributed by atoms with Crippen molar-refractivity contribution in [3.05, 3.63) is 64.0 Å². The van der Waals surface area contributed by atoms with Gasteiger partial charge in [-0.3, -0.25) is 4.79 Å². The number of aromatic nitrogens is 1. The Balaban J connectivity index is 2.16. The molecule has 0 aliphatic rings. The molecule has 7 heteroatoms. The molecule has 5 nitrogen and oxygen atoms in total. The van der Waals surface area contributed by atoms with E-state index in [1.165, 1.54) is 12.4 Å². The van der Waals surface area contributed by atoms with Gasteiger partial charge < -0.3 is 10.6 Å². The molecule has 0 aliphatic heterocycles. The molecular weight excluding hydrogens is 335 g/mol. The van der Waals surface area contributed by atoms with Gasteiger partial charge in [0.25, 0.3) is 5.91 Å². The third kappa shape index (κ3) is 4.46. The molecule has 1 aromatic heterocycles. The Labute approximate surface area is 143 Å². The van der Waals surface area contributed by atoms with Gasteiger partial charge in [0.2, 0.25) is 0 Å². The Morgan fingerprint density at radius 1 is 1.30 bits per heavy atom. The van der Waals surface area contributed by atoms with Crippen LogP contribution in [0.15, 0.2) is 48.3 Å². The minimum atomic E-state index is -0.551. The van der Waals surface area contributed by atoms with Crippen molar-refractivity contribution in [2.45, 2.75) is 6.92 Å². The first-order valence-electron chi connectivity index (χ1n) is 6.56. The van der Waals surface area contributed by atoms with E-state index in [0.717, 1.165) is 5.56 Å². The molecule has 0 bridgehead atoms. The second-order valence-electron chi connectivity index (χ2n) is 4.57. The molecule has 0 unspecified atom stereocenters. The highest BCUT2D eigenvalue weighted by Crippen LogP contribution is 2.21. The number of nitrogens with zero attached hydrogens (tertiary/aromatic N) is 2. The molecule has 23 heavy (non-hydrogen) atoms. The van der Waals surface area contributed by atoms with Crippen LogP contribution in [-0.2, 0) is 4.79 Å². The number of benzene rings is 1. The maximum Gasteiger partial charge on any atom is 0.267 e. The summed E-state index contributed by atoms with van der Waals surface area (Å²) in [6.45, 7) is 1.83. The van der Waals surface area contributed by atoms with Crippen LogP contribution in [0.2, 0.25) is 10.2 Å². The summed E-state index contributed by atoms with van der Waals surface area (Å²) in [5.74, 6) is -0.551. The number of aryl methyl sites for hydroxylation is 1. The highest BCUT2D eigenvalue weighted by Gasteiger charge is 2.11. The Bertz CT molecular complexity index is 812. The molecule has 0 radical (unpaired) electrons. The number of pyridine rings is 1. The molecule has 0 fully saturated rings. The molecule has 116 valence electrons. The standard InChI is InChI=1S/C16H12Cl2N4O/c1-10-4-5-12(17)7-14(10)22-16(23)11(8-19)9-21-13-3-2-6-20-15(13)18/h2-7,9,21H,1H3,(H,22,23)/b11-9-. The highest BCUT2D eigenvalue weighted by atomic mass is 35.5. The number of anilines is 2. The van der Waals surface area contributed by atoms with E-state index >= 15 is 0 Å². The quantitative estimate of drug-likeness (QED) is 0.495. The van der Waals surface area contributed by atoms with Crippen molar-refractivity contribution in [1.29, 1.82) is 5.26 Å². The zero-order valence-corrected chi connectivity index (χ0v) is 13.6. The van der Waals surface area contributed by atoms with Crippen molar-refractivity contribution >= 4 is 40.5 Å². The second kappa shape index (κ2) is 7.63. The third-order valence-electron chi connectivity index (χ3n) is 2.94. The fourth-order valence-corrected chi connectivity index (χ4v) is 2.06. The zero-order valence-electron chi connectivity index (χ0n) is 12.1. The van der Waals surface area contributed by atoms with Crippen LogP contribution in [-0.4, -0.2) is 10.9 Å².